The molecule has 2 aliphatic carbocycles. The van der Waals surface area contributed by atoms with Crippen LogP contribution in [0, 0.1) is 11.8 Å². The van der Waals surface area contributed by atoms with Crippen LogP contribution in [0.25, 0.3) is 0 Å². The molecule has 1 saturated carbocycles. The highest BCUT2D eigenvalue weighted by Gasteiger charge is 2.28. The number of halogens is 2. The van der Waals surface area contributed by atoms with E-state index in [0.717, 1.165) is 18.0 Å². The minimum absolute atomic E-state index is 0.150. The SMILES string of the molecule is CC1=C(F)C=C(C2NC=C(C3CCC(C)CC3)CN2)CC1F. The molecule has 122 valence electrons. The number of nitrogens with one attached hydrogen (secondary N) is 2. The van der Waals surface area contributed by atoms with E-state index in [9.17, 15) is 8.78 Å². The van der Waals surface area contributed by atoms with Crippen molar-refractivity contribution < 1.29 is 8.78 Å². The average molecular weight is 308 g/mol. The van der Waals surface area contributed by atoms with Crippen LogP contribution in [-0.2, 0) is 0 Å². The van der Waals surface area contributed by atoms with E-state index in [-0.39, 0.29) is 18.2 Å². The van der Waals surface area contributed by atoms with Gasteiger partial charge in [-0.1, -0.05) is 19.8 Å². The van der Waals surface area contributed by atoms with Crippen molar-refractivity contribution in [3.63, 3.8) is 0 Å². The van der Waals surface area contributed by atoms with Crippen molar-refractivity contribution in [1.82, 2.24) is 10.6 Å². The summed E-state index contributed by atoms with van der Waals surface area (Å²) in [5, 5.41) is 6.71. The van der Waals surface area contributed by atoms with E-state index in [2.05, 4.69) is 23.8 Å². The lowest BCUT2D eigenvalue weighted by molar-refractivity contribution is 0.306. The molecule has 0 radical (unpaired) electrons. The lowest BCUT2D eigenvalue weighted by Crippen LogP contribution is -2.47. The number of hydrogen-bond acceptors (Lipinski definition) is 2. The number of alkyl halides is 1. The van der Waals surface area contributed by atoms with Gasteiger partial charge in [0.25, 0.3) is 0 Å². The fourth-order valence-electron chi connectivity index (χ4n) is 3.70. The molecule has 4 heteroatoms. The quantitative estimate of drug-likeness (QED) is 0.801. The van der Waals surface area contributed by atoms with Crippen molar-refractivity contribution in [2.45, 2.75) is 58.3 Å². The van der Waals surface area contributed by atoms with Crippen LogP contribution < -0.4 is 10.6 Å². The first kappa shape index (κ1) is 15.7. The maximum atomic E-state index is 13.8. The lowest BCUT2D eigenvalue weighted by Gasteiger charge is -2.34. The van der Waals surface area contributed by atoms with Crippen LogP contribution >= 0.6 is 0 Å². The van der Waals surface area contributed by atoms with Crippen LogP contribution in [0.1, 0.15) is 46.0 Å². The molecule has 3 aliphatic rings. The molecule has 0 saturated heterocycles. The van der Waals surface area contributed by atoms with Crippen LogP contribution in [0.5, 0.6) is 0 Å². The van der Waals surface area contributed by atoms with Gasteiger partial charge in [-0.2, -0.15) is 0 Å². The largest absolute Gasteiger partial charge is 0.372 e. The van der Waals surface area contributed by atoms with Gasteiger partial charge < -0.3 is 5.32 Å². The monoisotopic (exact) mass is 308 g/mol. The lowest BCUT2D eigenvalue weighted by atomic mass is 9.79. The molecule has 2 nitrogen and oxygen atoms in total. The minimum atomic E-state index is -1.20. The Morgan fingerprint density at radius 1 is 1.14 bits per heavy atom. The highest BCUT2D eigenvalue weighted by Crippen LogP contribution is 2.34. The van der Waals surface area contributed by atoms with Gasteiger partial charge in [-0.15, -0.1) is 0 Å². The second-order valence-corrected chi connectivity index (χ2v) is 7.08. The molecule has 2 N–H and O–H groups in total. The molecule has 2 atom stereocenters. The van der Waals surface area contributed by atoms with Gasteiger partial charge in [0.05, 0.1) is 6.17 Å². The van der Waals surface area contributed by atoms with Gasteiger partial charge in [0.1, 0.15) is 12.0 Å². The van der Waals surface area contributed by atoms with E-state index in [1.54, 1.807) is 0 Å². The summed E-state index contributed by atoms with van der Waals surface area (Å²) in [6, 6.07) is 0. The zero-order valence-corrected chi connectivity index (χ0v) is 13.5. The predicted molar refractivity (Wildman–Crippen MR) is 85.5 cm³/mol. The summed E-state index contributed by atoms with van der Waals surface area (Å²) in [6.07, 6.45) is 7.60. The van der Waals surface area contributed by atoms with E-state index in [4.69, 9.17) is 0 Å². The standard InChI is InChI=1S/C18H26F2N2/c1-11-3-5-13(6-4-11)15-9-21-18(22-10-15)14-7-16(19)12(2)17(20)8-14/h7,9,11,13,17-18,21-22H,3-6,8,10H2,1-2H3. The highest BCUT2D eigenvalue weighted by atomic mass is 19.1. The zero-order valence-electron chi connectivity index (χ0n) is 13.5. The van der Waals surface area contributed by atoms with Crippen LogP contribution in [0.15, 0.2) is 34.8 Å². The topological polar surface area (TPSA) is 24.1 Å². The van der Waals surface area contributed by atoms with Crippen LogP contribution in [0.2, 0.25) is 0 Å². The fraction of sp³-hybridized carbons (Fsp3) is 0.667. The smallest absolute Gasteiger partial charge is 0.128 e. The second kappa shape index (κ2) is 6.53. The summed E-state index contributed by atoms with van der Waals surface area (Å²) in [6.45, 7) is 4.66. The van der Waals surface area contributed by atoms with Crippen LogP contribution in [0.4, 0.5) is 8.78 Å². The number of allylic oxidation sites excluding steroid dienone is 3. The Kier molecular flexibility index (Phi) is 4.67. The van der Waals surface area contributed by atoms with Crippen molar-refractivity contribution in [2.75, 3.05) is 6.54 Å². The Morgan fingerprint density at radius 2 is 1.86 bits per heavy atom. The molecule has 0 spiro atoms. The van der Waals surface area contributed by atoms with Gasteiger partial charge in [0.15, 0.2) is 0 Å². The summed E-state index contributed by atoms with van der Waals surface area (Å²) in [4.78, 5) is 0. The number of rotatable bonds is 2. The normalized spacial score (nSPS) is 36.5. The first-order valence-electron chi connectivity index (χ1n) is 8.43. The highest BCUT2D eigenvalue weighted by molar-refractivity contribution is 5.34. The third-order valence-electron chi connectivity index (χ3n) is 5.43. The molecule has 3 rings (SSSR count). The molecule has 1 heterocycles. The van der Waals surface area contributed by atoms with E-state index in [1.807, 2.05) is 0 Å². The van der Waals surface area contributed by atoms with Crippen molar-refractivity contribution in [1.29, 1.82) is 0 Å². The Labute approximate surface area is 131 Å². The molecule has 1 aliphatic heterocycles. The third kappa shape index (κ3) is 3.27. The van der Waals surface area contributed by atoms with Crippen LogP contribution in [0.3, 0.4) is 0 Å². The third-order valence-corrected chi connectivity index (χ3v) is 5.43. The molecule has 1 fully saturated rings. The Morgan fingerprint density at radius 3 is 2.45 bits per heavy atom. The van der Waals surface area contributed by atoms with E-state index in [0.29, 0.717) is 5.92 Å². The summed E-state index contributed by atoms with van der Waals surface area (Å²) >= 11 is 0. The summed E-state index contributed by atoms with van der Waals surface area (Å²) in [5.41, 5.74) is 2.39. The van der Waals surface area contributed by atoms with Crippen molar-refractivity contribution >= 4 is 0 Å². The van der Waals surface area contributed by atoms with Crippen molar-refractivity contribution in [3.05, 3.63) is 34.8 Å². The second-order valence-electron chi connectivity index (χ2n) is 7.08. The zero-order chi connectivity index (χ0) is 15.7. The molecule has 22 heavy (non-hydrogen) atoms. The molecule has 0 amide bonds. The van der Waals surface area contributed by atoms with Gasteiger partial charge in [-0.05, 0) is 60.6 Å². The molecule has 0 aromatic rings. The molecule has 0 aromatic carbocycles. The summed E-state index contributed by atoms with van der Waals surface area (Å²) < 4.78 is 27.6. The maximum Gasteiger partial charge on any atom is 0.128 e. The van der Waals surface area contributed by atoms with Gasteiger partial charge in [-0.25, -0.2) is 8.78 Å². The first-order chi connectivity index (χ1) is 10.5. The van der Waals surface area contributed by atoms with E-state index >= 15 is 0 Å². The Hall–Kier alpha value is -1.16. The average Bonchev–Trinajstić information content (AvgIpc) is 2.53. The fourth-order valence-corrected chi connectivity index (χ4v) is 3.70. The molecule has 0 bridgehead atoms. The number of hydrogen-bond donors (Lipinski definition) is 2. The van der Waals surface area contributed by atoms with Crippen molar-refractivity contribution in [3.8, 4) is 0 Å². The minimum Gasteiger partial charge on any atom is -0.372 e. The summed E-state index contributed by atoms with van der Waals surface area (Å²) in [7, 11) is 0. The first-order valence-corrected chi connectivity index (χ1v) is 8.43. The Bertz CT molecular complexity index is 513. The van der Waals surface area contributed by atoms with Gasteiger partial charge in [0, 0.05) is 13.0 Å². The van der Waals surface area contributed by atoms with Gasteiger partial charge in [-0.3, -0.25) is 5.32 Å². The maximum absolute atomic E-state index is 13.8. The molecule has 0 aromatic heterocycles. The van der Waals surface area contributed by atoms with Gasteiger partial charge >= 0.3 is 0 Å². The Balaban J connectivity index is 1.63. The summed E-state index contributed by atoms with van der Waals surface area (Å²) in [5.74, 6) is 1.08. The molecule has 2 unspecified atom stereocenters. The molecular formula is C18H26F2N2. The predicted octanol–water partition coefficient (Wildman–Crippen LogP) is 4.13. The van der Waals surface area contributed by atoms with Gasteiger partial charge in [0.2, 0.25) is 0 Å². The molecular weight excluding hydrogens is 282 g/mol. The van der Waals surface area contributed by atoms with Crippen LogP contribution in [-0.4, -0.2) is 18.9 Å². The van der Waals surface area contributed by atoms with Crippen molar-refractivity contribution in [2.24, 2.45) is 11.8 Å². The van der Waals surface area contributed by atoms with E-state index < -0.39 is 12.0 Å². The van der Waals surface area contributed by atoms with E-state index in [1.165, 1.54) is 44.3 Å².